The summed E-state index contributed by atoms with van der Waals surface area (Å²) in [4.78, 5) is 19.4. The van der Waals surface area contributed by atoms with Crippen molar-refractivity contribution in [2.24, 2.45) is 5.92 Å². The molecule has 1 heterocycles. The maximum Gasteiger partial charge on any atom is 0.223 e. The Kier molecular flexibility index (Phi) is 2.35. The summed E-state index contributed by atoms with van der Waals surface area (Å²) < 4.78 is 0. The molecule has 2 aromatic rings. The highest BCUT2D eigenvalue weighted by Crippen LogP contribution is 2.29. The second kappa shape index (κ2) is 3.87. The fourth-order valence-corrected chi connectivity index (χ4v) is 1.92. The molecule has 0 bridgehead atoms. The predicted octanol–water partition coefficient (Wildman–Crippen LogP) is 2.15. The average Bonchev–Trinajstić information content (AvgIpc) is 3.08. The van der Waals surface area contributed by atoms with Gasteiger partial charge in [-0.3, -0.25) is 4.79 Å². The number of amides is 1. The van der Waals surface area contributed by atoms with Crippen LogP contribution in [0.3, 0.4) is 0 Å². The van der Waals surface area contributed by atoms with Crippen LogP contribution in [0.2, 0.25) is 0 Å². The van der Waals surface area contributed by atoms with Crippen molar-refractivity contribution in [3.8, 4) is 0 Å². The predicted molar refractivity (Wildman–Crippen MR) is 65.4 cm³/mol. The van der Waals surface area contributed by atoms with E-state index in [9.17, 15) is 4.79 Å². The van der Waals surface area contributed by atoms with Gasteiger partial charge in [0.1, 0.15) is 5.82 Å². The van der Waals surface area contributed by atoms with Gasteiger partial charge in [0.15, 0.2) is 0 Å². The van der Waals surface area contributed by atoms with Crippen LogP contribution in [-0.2, 0) is 4.79 Å². The number of H-pyrrole nitrogens is 1. The second-order valence-electron chi connectivity index (χ2n) is 4.64. The number of nitrogens with zero attached hydrogens (tertiary/aromatic N) is 1. The Morgan fingerprint density at radius 3 is 2.94 bits per heavy atom. The summed E-state index contributed by atoms with van der Waals surface area (Å²) in [6, 6.07) is 7.82. The number of fused-ring (bicyclic) bond motifs is 1. The SMILES string of the molecule is C[C@H](NC(=O)C1CC1)c1nc2ccccc2[nH]1. The lowest BCUT2D eigenvalue weighted by Crippen LogP contribution is -2.28. The van der Waals surface area contributed by atoms with Crippen molar-refractivity contribution >= 4 is 16.9 Å². The molecule has 17 heavy (non-hydrogen) atoms. The van der Waals surface area contributed by atoms with E-state index in [1.807, 2.05) is 31.2 Å². The van der Waals surface area contributed by atoms with E-state index in [4.69, 9.17) is 0 Å². The number of carbonyl (C=O) groups is 1. The zero-order chi connectivity index (χ0) is 11.8. The van der Waals surface area contributed by atoms with Gasteiger partial charge in [-0.2, -0.15) is 0 Å². The van der Waals surface area contributed by atoms with E-state index in [0.717, 1.165) is 29.7 Å². The van der Waals surface area contributed by atoms with Crippen LogP contribution >= 0.6 is 0 Å². The van der Waals surface area contributed by atoms with Crippen molar-refractivity contribution in [2.45, 2.75) is 25.8 Å². The molecule has 0 aliphatic heterocycles. The number of para-hydroxylation sites is 2. The van der Waals surface area contributed by atoms with E-state index in [-0.39, 0.29) is 17.9 Å². The maximum atomic E-state index is 11.7. The van der Waals surface area contributed by atoms with Gasteiger partial charge in [-0.15, -0.1) is 0 Å². The minimum absolute atomic E-state index is 0.0597. The molecule has 0 unspecified atom stereocenters. The number of aromatic amines is 1. The number of rotatable bonds is 3. The van der Waals surface area contributed by atoms with Gasteiger partial charge < -0.3 is 10.3 Å². The molecule has 1 aromatic heterocycles. The van der Waals surface area contributed by atoms with Crippen LogP contribution in [0.25, 0.3) is 11.0 Å². The van der Waals surface area contributed by atoms with Crippen LogP contribution in [0.4, 0.5) is 0 Å². The molecule has 1 aliphatic carbocycles. The summed E-state index contributed by atoms with van der Waals surface area (Å²) in [6.07, 6.45) is 2.05. The minimum Gasteiger partial charge on any atom is -0.346 e. The lowest BCUT2D eigenvalue weighted by atomic mass is 10.3. The topological polar surface area (TPSA) is 57.8 Å². The van der Waals surface area contributed by atoms with E-state index < -0.39 is 0 Å². The molecule has 1 amide bonds. The fraction of sp³-hybridized carbons (Fsp3) is 0.385. The summed E-state index contributed by atoms with van der Waals surface area (Å²) >= 11 is 0. The molecule has 4 heteroatoms. The smallest absolute Gasteiger partial charge is 0.223 e. The molecule has 0 spiro atoms. The summed E-state index contributed by atoms with van der Waals surface area (Å²) in [5.74, 6) is 1.21. The molecule has 2 N–H and O–H groups in total. The lowest BCUT2D eigenvalue weighted by molar-refractivity contribution is -0.123. The highest BCUT2D eigenvalue weighted by atomic mass is 16.2. The first kappa shape index (κ1) is 10.3. The van der Waals surface area contributed by atoms with E-state index in [1.165, 1.54) is 0 Å². The van der Waals surface area contributed by atoms with Crippen LogP contribution in [0, 0.1) is 5.92 Å². The molecule has 1 saturated carbocycles. The molecule has 88 valence electrons. The van der Waals surface area contributed by atoms with Gasteiger partial charge in [-0.05, 0) is 31.9 Å². The average molecular weight is 229 g/mol. The van der Waals surface area contributed by atoms with Gasteiger partial charge in [0, 0.05) is 5.92 Å². The van der Waals surface area contributed by atoms with Gasteiger partial charge in [0.25, 0.3) is 0 Å². The summed E-state index contributed by atoms with van der Waals surface area (Å²) in [6.45, 7) is 1.96. The van der Waals surface area contributed by atoms with Gasteiger partial charge >= 0.3 is 0 Å². The quantitative estimate of drug-likeness (QED) is 0.847. The van der Waals surface area contributed by atoms with E-state index in [1.54, 1.807) is 0 Å². The molecular formula is C13H15N3O. The Bertz CT molecular complexity index is 524. The fourth-order valence-electron chi connectivity index (χ4n) is 1.92. The highest BCUT2D eigenvalue weighted by Gasteiger charge is 2.30. The first-order valence-electron chi connectivity index (χ1n) is 5.99. The Labute approximate surface area is 99.4 Å². The van der Waals surface area contributed by atoms with Crippen LogP contribution < -0.4 is 5.32 Å². The van der Waals surface area contributed by atoms with Gasteiger partial charge in [0.2, 0.25) is 5.91 Å². The van der Waals surface area contributed by atoms with E-state index >= 15 is 0 Å². The summed E-state index contributed by atoms with van der Waals surface area (Å²) in [7, 11) is 0. The third kappa shape index (κ3) is 2.02. The monoisotopic (exact) mass is 229 g/mol. The normalized spacial score (nSPS) is 17.0. The Morgan fingerprint density at radius 1 is 1.47 bits per heavy atom. The zero-order valence-electron chi connectivity index (χ0n) is 9.73. The standard InChI is InChI=1S/C13H15N3O/c1-8(14-13(17)9-6-7-9)12-15-10-4-2-3-5-11(10)16-12/h2-5,8-9H,6-7H2,1H3,(H,14,17)(H,15,16)/t8-/m0/s1. The molecule has 1 fully saturated rings. The van der Waals surface area contributed by atoms with Gasteiger partial charge in [-0.25, -0.2) is 4.98 Å². The number of hydrogen-bond donors (Lipinski definition) is 2. The van der Waals surface area contributed by atoms with Crippen molar-refractivity contribution in [1.82, 2.24) is 15.3 Å². The molecule has 1 aliphatic rings. The van der Waals surface area contributed by atoms with E-state index in [0.29, 0.717) is 0 Å². The third-order valence-corrected chi connectivity index (χ3v) is 3.12. The Hall–Kier alpha value is -1.84. The third-order valence-electron chi connectivity index (χ3n) is 3.12. The first-order valence-corrected chi connectivity index (χ1v) is 5.99. The van der Waals surface area contributed by atoms with Crippen molar-refractivity contribution < 1.29 is 4.79 Å². The van der Waals surface area contributed by atoms with E-state index in [2.05, 4.69) is 15.3 Å². The first-order chi connectivity index (χ1) is 8.24. The molecule has 0 saturated heterocycles. The zero-order valence-corrected chi connectivity index (χ0v) is 9.73. The molecule has 3 rings (SSSR count). The molecular weight excluding hydrogens is 214 g/mol. The maximum absolute atomic E-state index is 11.7. The Morgan fingerprint density at radius 2 is 2.24 bits per heavy atom. The van der Waals surface area contributed by atoms with Crippen LogP contribution in [0.15, 0.2) is 24.3 Å². The largest absolute Gasteiger partial charge is 0.346 e. The summed E-state index contributed by atoms with van der Waals surface area (Å²) in [5.41, 5.74) is 1.95. The van der Waals surface area contributed by atoms with Crippen molar-refractivity contribution in [1.29, 1.82) is 0 Å². The molecule has 1 atom stereocenters. The Balaban J connectivity index is 1.79. The molecule has 0 radical (unpaired) electrons. The number of hydrogen-bond acceptors (Lipinski definition) is 2. The minimum atomic E-state index is -0.0597. The number of carbonyl (C=O) groups excluding carboxylic acids is 1. The number of aromatic nitrogens is 2. The second-order valence-corrected chi connectivity index (χ2v) is 4.64. The molecule has 1 aromatic carbocycles. The number of benzene rings is 1. The van der Waals surface area contributed by atoms with Gasteiger partial charge in [0.05, 0.1) is 17.1 Å². The van der Waals surface area contributed by atoms with Crippen molar-refractivity contribution in [3.63, 3.8) is 0 Å². The van der Waals surface area contributed by atoms with Crippen LogP contribution in [0.5, 0.6) is 0 Å². The number of nitrogens with one attached hydrogen (secondary N) is 2. The summed E-state index contributed by atoms with van der Waals surface area (Å²) in [5, 5.41) is 2.99. The lowest BCUT2D eigenvalue weighted by Gasteiger charge is -2.10. The highest BCUT2D eigenvalue weighted by molar-refractivity contribution is 5.81. The number of imidazole rings is 1. The van der Waals surface area contributed by atoms with Crippen molar-refractivity contribution in [3.05, 3.63) is 30.1 Å². The van der Waals surface area contributed by atoms with Crippen LogP contribution in [0.1, 0.15) is 31.6 Å². The van der Waals surface area contributed by atoms with Gasteiger partial charge in [-0.1, -0.05) is 12.1 Å². The van der Waals surface area contributed by atoms with Crippen molar-refractivity contribution in [2.75, 3.05) is 0 Å². The van der Waals surface area contributed by atoms with Crippen LogP contribution in [-0.4, -0.2) is 15.9 Å². The molecule has 4 nitrogen and oxygen atoms in total.